The number of nitrogens with zero attached hydrogens (tertiary/aromatic N) is 4. The Labute approximate surface area is 193 Å². The van der Waals surface area contributed by atoms with Gasteiger partial charge in [-0.2, -0.15) is 0 Å². The van der Waals surface area contributed by atoms with Gasteiger partial charge in [-0.05, 0) is 36.6 Å². The van der Waals surface area contributed by atoms with Crippen LogP contribution < -0.4 is 0 Å². The maximum atomic E-state index is 13.0. The molecule has 0 aliphatic carbocycles. The minimum Gasteiger partial charge on any atom is -0.383 e. The molecule has 0 saturated heterocycles. The number of aromatic nitrogens is 2. The molecule has 2 aromatic heterocycles. The zero-order valence-corrected chi connectivity index (χ0v) is 20.6. The van der Waals surface area contributed by atoms with Crippen molar-refractivity contribution >= 4 is 38.3 Å². The molecule has 0 fully saturated rings. The van der Waals surface area contributed by atoms with Crippen LogP contribution in [0.15, 0.2) is 40.6 Å². The quantitative estimate of drug-likeness (QED) is 0.423. The predicted octanol–water partition coefficient (Wildman–Crippen LogP) is 2.98. The van der Waals surface area contributed by atoms with Crippen LogP contribution in [0, 0.1) is 0 Å². The second-order valence-corrected chi connectivity index (χ2v) is 10.8. The van der Waals surface area contributed by atoms with Gasteiger partial charge in [0.15, 0.2) is 0 Å². The molecule has 0 radical (unpaired) electrons. The smallest absolute Gasteiger partial charge is 0.242 e. The SMILES string of the molecule is CCn1c(CCC(=O)N(CCOC)Cc2cccs2)nc2cc(S(=O)(=O)N(C)C)ccc21. The number of sulfonamides is 1. The summed E-state index contributed by atoms with van der Waals surface area (Å²) in [5, 5.41) is 2.00. The molecule has 0 bridgehead atoms. The standard InChI is InChI=1S/C22H30N4O4S2/c1-5-26-20-9-8-18(32(28,29)24(2)3)15-19(20)23-21(26)10-11-22(27)25(12-13-30-4)16-17-7-6-14-31-17/h6-9,14-15H,5,10-13,16H2,1-4H3. The van der Waals surface area contributed by atoms with Crippen LogP contribution in [0.25, 0.3) is 11.0 Å². The number of fused-ring (bicyclic) bond motifs is 1. The van der Waals surface area contributed by atoms with E-state index in [0.29, 0.717) is 44.6 Å². The normalized spacial score (nSPS) is 12.0. The molecule has 0 aliphatic rings. The van der Waals surface area contributed by atoms with E-state index in [1.165, 1.54) is 18.4 Å². The highest BCUT2D eigenvalue weighted by Crippen LogP contribution is 2.23. The molecule has 0 saturated carbocycles. The number of aryl methyl sites for hydroxylation is 2. The van der Waals surface area contributed by atoms with Crippen LogP contribution in [-0.4, -0.2) is 67.4 Å². The van der Waals surface area contributed by atoms with Crippen LogP contribution in [0.4, 0.5) is 0 Å². The number of hydrogen-bond acceptors (Lipinski definition) is 6. The van der Waals surface area contributed by atoms with Crippen molar-refractivity contribution in [3.05, 3.63) is 46.4 Å². The second-order valence-electron chi connectivity index (χ2n) is 7.60. The average Bonchev–Trinajstić information content (AvgIpc) is 3.41. The van der Waals surface area contributed by atoms with Gasteiger partial charge in [0.05, 0.1) is 29.1 Å². The molecule has 0 unspecified atom stereocenters. The maximum absolute atomic E-state index is 13.0. The molecule has 174 valence electrons. The summed E-state index contributed by atoms with van der Waals surface area (Å²) in [4.78, 5) is 20.8. The molecule has 0 spiro atoms. The van der Waals surface area contributed by atoms with Crippen LogP contribution in [0.3, 0.4) is 0 Å². The van der Waals surface area contributed by atoms with Crippen molar-refractivity contribution in [3.63, 3.8) is 0 Å². The van der Waals surface area contributed by atoms with Crippen molar-refractivity contribution in [2.24, 2.45) is 0 Å². The molecule has 3 rings (SSSR count). The Kier molecular flexibility index (Phi) is 8.05. The molecular weight excluding hydrogens is 448 g/mol. The molecule has 3 aromatic rings. The summed E-state index contributed by atoms with van der Waals surface area (Å²) in [6.45, 7) is 4.27. The highest BCUT2D eigenvalue weighted by atomic mass is 32.2. The Morgan fingerprint density at radius 1 is 1.25 bits per heavy atom. The Hall–Kier alpha value is -2.27. The summed E-state index contributed by atoms with van der Waals surface area (Å²) in [5.41, 5.74) is 1.48. The third-order valence-corrected chi connectivity index (χ3v) is 7.97. The zero-order valence-electron chi connectivity index (χ0n) is 18.9. The van der Waals surface area contributed by atoms with Crippen LogP contribution in [0.5, 0.6) is 0 Å². The minimum absolute atomic E-state index is 0.0426. The van der Waals surface area contributed by atoms with Crippen molar-refractivity contribution < 1.29 is 17.9 Å². The summed E-state index contributed by atoms with van der Waals surface area (Å²) < 4.78 is 33.4. The lowest BCUT2D eigenvalue weighted by Gasteiger charge is -2.22. The highest BCUT2D eigenvalue weighted by Gasteiger charge is 2.20. The van der Waals surface area contributed by atoms with Crippen molar-refractivity contribution in [3.8, 4) is 0 Å². The van der Waals surface area contributed by atoms with Crippen molar-refractivity contribution in [1.29, 1.82) is 0 Å². The van der Waals surface area contributed by atoms with E-state index in [0.717, 1.165) is 16.2 Å². The van der Waals surface area contributed by atoms with E-state index in [9.17, 15) is 13.2 Å². The molecular formula is C22H30N4O4S2. The summed E-state index contributed by atoms with van der Waals surface area (Å²) in [6, 6.07) is 8.99. The van der Waals surface area contributed by atoms with E-state index in [4.69, 9.17) is 4.74 Å². The van der Waals surface area contributed by atoms with Gasteiger partial charge >= 0.3 is 0 Å². The Bertz CT molecular complexity index is 1150. The molecule has 0 aliphatic heterocycles. The van der Waals surface area contributed by atoms with Gasteiger partial charge in [0.1, 0.15) is 5.82 Å². The van der Waals surface area contributed by atoms with Crippen LogP contribution in [-0.2, 0) is 39.1 Å². The summed E-state index contributed by atoms with van der Waals surface area (Å²) in [6.07, 6.45) is 0.798. The Balaban J connectivity index is 1.80. The fourth-order valence-corrected chi connectivity index (χ4v) is 5.18. The Morgan fingerprint density at radius 2 is 2.03 bits per heavy atom. The maximum Gasteiger partial charge on any atom is 0.242 e. The number of carbonyl (C=O) groups is 1. The molecule has 2 heterocycles. The molecule has 1 amide bonds. The van der Waals surface area contributed by atoms with E-state index in [2.05, 4.69) is 4.98 Å². The zero-order chi connectivity index (χ0) is 23.3. The number of thiophene rings is 1. The highest BCUT2D eigenvalue weighted by molar-refractivity contribution is 7.89. The largest absolute Gasteiger partial charge is 0.383 e. The van der Waals surface area contributed by atoms with Crippen LogP contribution in [0.1, 0.15) is 24.0 Å². The van der Waals surface area contributed by atoms with Crippen molar-refractivity contribution in [1.82, 2.24) is 18.8 Å². The second kappa shape index (κ2) is 10.6. The lowest BCUT2D eigenvalue weighted by atomic mass is 10.2. The number of carbonyl (C=O) groups excluding carboxylic acids is 1. The Morgan fingerprint density at radius 3 is 2.66 bits per heavy atom. The molecule has 0 N–H and O–H groups in total. The van der Waals surface area contributed by atoms with E-state index >= 15 is 0 Å². The third kappa shape index (κ3) is 5.37. The average molecular weight is 479 g/mol. The number of methoxy groups -OCH3 is 1. The molecule has 1 aromatic carbocycles. The monoisotopic (exact) mass is 478 g/mol. The van der Waals surface area contributed by atoms with Gasteiger partial charge in [0.25, 0.3) is 0 Å². The first-order chi connectivity index (χ1) is 15.3. The minimum atomic E-state index is -3.54. The van der Waals surface area contributed by atoms with Gasteiger partial charge in [0.2, 0.25) is 15.9 Å². The first kappa shape index (κ1) is 24.4. The van der Waals surface area contributed by atoms with E-state index in [1.807, 2.05) is 33.9 Å². The number of hydrogen-bond donors (Lipinski definition) is 0. The number of ether oxygens (including phenoxy) is 1. The lowest BCUT2D eigenvalue weighted by Crippen LogP contribution is -2.33. The lowest BCUT2D eigenvalue weighted by molar-refractivity contribution is -0.132. The number of rotatable bonds is 11. The summed E-state index contributed by atoms with van der Waals surface area (Å²) >= 11 is 1.63. The summed E-state index contributed by atoms with van der Waals surface area (Å²) in [7, 11) is 1.10. The molecule has 0 atom stereocenters. The predicted molar refractivity (Wildman–Crippen MR) is 126 cm³/mol. The molecule has 10 heteroatoms. The number of amides is 1. The first-order valence-electron chi connectivity index (χ1n) is 10.5. The van der Waals surface area contributed by atoms with Crippen LogP contribution in [0.2, 0.25) is 0 Å². The van der Waals surface area contributed by atoms with Crippen molar-refractivity contribution in [2.75, 3.05) is 34.4 Å². The van der Waals surface area contributed by atoms with Gasteiger partial charge in [-0.3, -0.25) is 4.79 Å². The number of benzene rings is 1. The number of imidazole rings is 1. The van der Waals surface area contributed by atoms with E-state index < -0.39 is 10.0 Å². The van der Waals surface area contributed by atoms with Gasteiger partial charge in [0, 0.05) is 52.0 Å². The topological polar surface area (TPSA) is 84.7 Å². The van der Waals surface area contributed by atoms with E-state index in [-0.39, 0.29) is 10.8 Å². The van der Waals surface area contributed by atoms with Gasteiger partial charge < -0.3 is 14.2 Å². The van der Waals surface area contributed by atoms with E-state index in [1.54, 1.807) is 36.6 Å². The molecule has 8 nitrogen and oxygen atoms in total. The van der Waals surface area contributed by atoms with Crippen LogP contribution >= 0.6 is 11.3 Å². The fraction of sp³-hybridized carbons (Fsp3) is 0.455. The van der Waals surface area contributed by atoms with Crippen molar-refractivity contribution in [2.45, 2.75) is 37.8 Å². The third-order valence-electron chi connectivity index (χ3n) is 5.30. The molecule has 32 heavy (non-hydrogen) atoms. The van der Waals surface area contributed by atoms with Gasteiger partial charge in [-0.1, -0.05) is 6.07 Å². The van der Waals surface area contributed by atoms with Gasteiger partial charge in [-0.25, -0.2) is 17.7 Å². The van der Waals surface area contributed by atoms with Gasteiger partial charge in [-0.15, -0.1) is 11.3 Å². The fourth-order valence-electron chi connectivity index (χ4n) is 3.54. The summed E-state index contributed by atoms with van der Waals surface area (Å²) in [5.74, 6) is 0.819. The first-order valence-corrected chi connectivity index (χ1v) is 12.8.